The van der Waals surface area contributed by atoms with Crippen LogP contribution >= 0.6 is 0 Å². The van der Waals surface area contributed by atoms with E-state index in [1.54, 1.807) is 5.19 Å². The minimum Gasteiger partial charge on any atom is -0.421 e. The average Bonchev–Trinajstić information content (AvgIpc) is 2.23. The molecule has 1 aromatic rings. The van der Waals surface area contributed by atoms with Crippen molar-refractivity contribution >= 4 is 22.8 Å². The van der Waals surface area contributed by atoms with Crippen LogP contribution < -0.4 is 5.19 Å². The topological polar surface area (TPSA) is 9.23 Å². The zero-order valence-corrected chi connectivity index (χ0v) is 10.8. The minimum absolute atomic E-state index is 0.372. The van der Waals surface area contributed by atoms with Crippen molar-refractivity contribution in [1.29, 1.82) is 0 Å². The van der Waals surface area contributed by atoms with E-state index in [0.717, 1.165) is 15.9 Å². The van der Waals surface area contributed by atoms with Gasteiger partial charge in [-0.3, -0.25) is 0 Å². The Kier molecular flexibility index (Phi) is 3.20. The molecular weight excluding hydrogens is 204 g/mol. The number of hydrogen-bond donors (Lipinski definition) is 0. The highest BCUT2D eigenvalue weighted by Crippen LogP contribution is 2.10. The molecule has 1 aliphatic rings. The third-order valence-electron chi connectivity index (χ3n) is 2.80. The van der Waals surface area contributed by atoms with Crippen molar-refractivity contribution in [2.75, 3.05) is 6.61 Å². The molecule has 0 saturated carbocycles. The SMILES string of the molecule is Cc1cccc([Si]2CCCO[Si]2)c1C. The van der Waals surface area contributed by atoms with Crippen LogP contribution in [0.15, 0.2) is 18.2 Å². The molecule has 14 heavy (non-hydrogen) atoms. The fourth-order valence-electron chi connectivity index (χ4n) is 1.78. The fraction of sp³-hybridized carbons (Fsp3) is 0.455. The average molecular weight is 219 g/mol. The van der Waals surface area contributed by atoms with Crippen molar-refractivity contribution in [1.82, 2.24) is 0 Å². The molecule has 1 nitrogen and oxygen atoms in total. The van der Waals surface area contributed by atoms with Crippen LogP contribution in [0.4, 0.5) is 0 Å². The maximum absolute atomic E-state index is 5.60. The van der Waals surface area contributed by atoms with Gasteiger partial charge in [-0.25, -0.2) is 0 Å². The van der Waals surface area contributed by atoms with E-state index in [-0.39, 0.29) is 8.31 Å². The van der Waals surface area contributed by atoms with Gasteiger partial charge in [0.1, 0.15) is 8.31 Å². The molecule has 1 fully saturated rings. The Morgan fingerprint density at radius 1 is 1.36 bits per heavy atom. The number of aryl methyl sites for hydroxylation is 1. The highest BCUT2D eigenvalue weighted by Gasteiger charge is 2.21. The molecule has 1 aliphatic heterocycles. The summed E-state index contributed by atoms with van der Waals surface area (Å²) in [6, 6.07) is 8.09. The van der Waals surface area contributed by atoms with Crippen molar-refractivity contribution in [3.63, 3.8) is 0 Å². The van der Waals surface area contributed by atoms with Crippen LogP contribution in [0.5, 0.6) is 0 Å². The standard InChI is InChI=1S/C11H15OSi2/c1-9-5-3-6-11(10(9)2)14-8-4-7-12-13-14/h3,5-6H,4,7-8H2,1-2H3. The van der Waals surface area contributed by atoms with E-state index in [4.69, 9.17) is 4.43 Å². The second-order valence-electron chi connectivity index (χ2n) is 3.78. The van der Waals surface area contributed by atoms with Crippen molar-refractivity contribution in [3.05, 3.63) is 29.3 Å². The predicted octanol–water partition coefficient (Wildman–Crippen LogP) is 1.54. The Labute approximate surface area is 89.8 Å². The van der Waals surface area contributed by atoms with Gasteiger partial charge >= 0.3 is 0 Å². The molecule has 0 bridgehead atoms. The summed E-state index contributed by atoms with van der Waals surface area (Å²) in [4.78, 5) is 0. The first-order valence-electron chi connectivity index (χ1n) is 5.09. The van der Waals surface area contributed by atoms with Crippen molar-refractivity contribution in [2.24, 2.45) is 0 Å². The molecular formula is C11H15OSi2. The van der Waals surface area contributed by atoms with E-state index >= 15 is 0 Å². The van der Waals surface area contributed by atoms with E-state index in [2.05, 4.69) is 32.0 Å². The van der Waals surface area contributed by atoms with Gasteiger partial charge in [-0.2, -0.15) is 0 Å². The molecule has 73 valence electrons. The first kappa shape index (κ1) is 10.1. The summed E-state index contributed by atoms with van der Waals surface area (Å²) >= 11 is 0. The molecule has 0 amide bonds. The molecule has 1 saturated heterocycles. The lowest BCUT2D eigenvalue weighted by Gasteiger charge is -2.21. The minimum atomic E-state index is -0.372. The summed E-state index contributed by atoms with van der Waals surface area (Å²) in [7, 11) is 0.393. The summed E-state index contributed by atoms with van der Waals surface area (Å²) in [5, 5.41) is 1.60. The number of benzene rings is 1. The monoisotopic (exact) mass is 219 g/mol. The van der Waals surface area contributed by atoms with Gasteiger partial charge in [0.2, 0.25) is 9.28 Å². The van der Waals surface area contributed by atoms with Crippen molar-refractivity contribution < 1.29 is 4.43 Å². The number of rotatable bonds is 1. The zero-order valence-electron chi connectivity index (χ0n) is 8.76. The van der Waals surface area contributed by atoms with Gasteiger partial charge in [-0.05, 0) is 31.4 Å². The van der Waals surface area contributed by atoms with Gasteiger partial charge in [0, 0.05) is 6.61 Å². The summed E-state index contributed by atoms with van der Waals surface area (Å²) in [6.45, 7) is 5.44. The maximum atomic E-state index is 5.60. The lowest BCUT2D eigenvalue weighted by molar-refractivity contribution is 0.336. The van der Waals surface area contributed by atoms with Gasteiger partial charge in [-0.15, -0.1) is 0 Å². The van der Waals surface area contributed by atoms with E-state index in [1.807, 2.05) is 0 Å². The van der Waals surface area contributed by atoms with Crippen LogP contribution in [-0.2, 0) is 4.43 Å². The van der Waals surface area contributed by atoms with Gasteiger partial charge in [0.05, 0.1) is 0 Å². The first-order chi connectivity index (χ1) is 6.79. The Balaban J connectivity index is 2.26. The second kappa shape index (κ2) is 4.42. The van der Waals surface area contributed by atoms with Crippen molar-refractivity contribution in [2.45, 2.75) is 26.3 Å². The van der Waals surface area contributed by atoms with Crippen LogP contribution in [0.1, 0.15) is 17.5 Å². The largest absolute Gasteiger partial charge is 0.421 e. The molecule has 0 spiro atoms. The molecule has 0 aromatic heterocycles. The molecule has 0 aliphatic carbocycles. The Bertz CT molecular complexity index is 319. The summed E-state index contributed by atoms with van der Waals surface area (Å²) in [6.07, 6.45) is 1.26. The van der Waals surface area contributed by atoms with Crippen LogP contribution in [-0.4, -0.2) is 24.2 Å². The lowest BCUT2D eigenvalue weighted by Crippen LogP contribution is -2.42. The predicted molar refractivity (Wildman–Crippen MR) is 62.4 cm³/mol. The molecule has 0 atom stereocenters. The van der Waals surface area contributed by atoms with E-state index < -0.39 is 0 Å². The Hall–Kier alpha value is -0.386. The van der Waals surface area contributed by atoms with Crippen molar-refractivity contribution in [3.8, 4) is 0 Å². The van der Waals surface area contributed by atoms with Gasteiger partial charge in [0.25, 0.3) is 0 Å². The van der Waals surface area contributed by atoms with Crippen LogP contribution in [0.2, 0.25) is 6.04 Å². The van der Waals surface area contributed by atoms with E-state index in [1.165, 1.54) is 23.6 Å². The molecule has 0 N–H and O–H groups in total. The third-order valence-corrected chi connectivity index (χ3v) is 8.17. The highest BCUT2D eigenvalue weighted by molar-refractivity contribution is 7.17. The molecule has 1 heterocycles. The zero-order chi connectivity index (χ0) is 9.97. The van der Waals surface area contributed by atoms with E-state index in [0.29, 0.717) is 0 Å². The lowest BCUT2D eigenvalue weighted by atomic mass is 10.1. The fourth-order valence-corrected chi connectivity index (χ4v) is 6.93. The summed E-state index contributed by atoms with van der Waals surface area (Å²) in [5.41, 5.74) is 2.93. The summed E-state index contributed by atoms with van der Waals surface area (Å²) < 4.78 is 5.60. The van der Waals surface area contributed by atoms with E-state index in [9.17, 15) is 0 Å². The van der Waals surface area contributed by atoms with Crippen LogP contribution in [0.25, 0.3) is 0 Å². The smallest absolute Gasteiger partial charge is 0.215 e. The Morgan fingerprint density at radius 3 is 2.93 bits per heavy atom. The second-order valence-corrected chi connectivity index (χ2v) is 8.69. The normalized spacial score (nSPS) is 18.4. The number of hydrogen-bond acceptors (Lipinski definition) is 1. The van der Waals surface area contributed by atoms with Gasteiger partial charge in [0.15, 0.2) is 0 Å². The molecule has 2 rings (SSSR count). The summed E-state index contributed by atoms with van der Waals surface area (Å²) in [5.74, 6) is 0. The quantitative estimate of drug-likeness (QED) is 0.651. The Morgan fingerprint density at radius 2 is 2.21 bits per heavy atom. The third kappa shape index (κ3) is 1.99. The van der Waals surface area contributed by atoms with Crippen LogP contribution in [0.3, 0.4) is 0 Å². The van der Waals surface area contributed by atoms with Crippen LogP contribution in [0, 0.1) is 13.8 Å². The molecule has 3 radical (unpaired) electrons. The highest BCUT2D eigenvalue weighted by atomic mass is 29.2. The maximum Gasteiger partial charge on any atom is 0.215 e. The van der Waals surface area contributed by atoms with Gasteiger partial charge in [-0.1, -0.05) is 29.4 Å². The van der Waals surface area contributed by atoms with Gasteiger partial charge < -0.3 is 4.43 Å². The molecule has 1 aromatic carbocycles. The molecule has 3 heteroatoms. The molecule has 0 unspecified atom stereocenters. The first-order valence-corrected chi connectivity index (χ1v) is 8.71.